The first kappa shape index (κ1) is 38.8. The molecule has 0 fully saturated rings. The summed E-state index contributed by atoms with van der Waals surface area (Å²) >= 11 is 2.54. The van der Waals surface area contributed by atoms with E-state index in [1.54, 1.807) is 0 Å². The van der Waals surface area contributed by atoms with Crippen LogP contribution < -0.4 is 0 Å². The van der Waals surface area contributed by atoms with E-state index in [4.69, 9.17) is 0 Å². The van der Waals surface area contributed by atoms with Crippen LogP contribution in [0.5, 0.6) is 0 Å². The molecule has 0 nitrogen and oxygen atoms in total. The monoisotopic (exact) mass is 734 g/mol. The molecule has 254 valence electrons. The Balaban J connectivity index is 1.89. The molecule has 0 spiro atoms. The number of unbranched alkanes of at least 4 members (excludes halogenated alkanes) is 15. The second-order valence-corrected chi connectivity index (χ2v) is 15.7. The predicted octanol–water partition coefficient (Wildman–Crippen LogP) is 15.5. The van der Waals surface area contributed by atoms with E-state index in [2.05, 4.69) is 112 Å². The summed E-state index contributed by atoms with van der Waals surface area (Å²) < 4.78 is 1.36. The highest BCUT2D eigenvalue weighted by Crippen LogP contribution is 2.33. The average Bonchev–Trinajstić information content (AvgIpc) is 3.05. The zero-order valence-electron chi connectivity index (χ0n) is 30.5. The average molecular weight is 735 g/mol. The van der Waals surface area contributed by atoms with Gasteiger partial charge in [0.1, 0.15) is 0 Å². The molecule has 0 aliphatic heterocycles. The van der Waals surface area contributed by atoms with Gasteiger partial charge in [-0.15, -0.1) is 0 Å². The van der Waals surface area contributed by atoms with Crippen LogP contribution in [0.15, 0.2) is 54.6 Å². The van der Waals surface area contributed by atoms with Crippen LogP contribution in [-0.2, 0) is 19.3 Å². The van der Waals surface area contributed by atoms with E-state index in [9.17, 15) is 0 Å². The Morgan fingerprint density at radius 3 is 1.17 bits per heavy atom. The lowest BCUT2D eigenvalue weighted by Gasteiger charge is -2.16. The van der Waals surface area contributed by atoms with Crippen molar-refractivity contribution in [3.63, 3.8) is 0 Å². The van der Waals surface area contributed by atoms with Gasteiger partial charge in [0.25, 0.3) is 0 Å². The van der Waals surface area contributed by atoms with E-state index >= 15 is 0 Å². The van der Waals surface area contributed by atoms with Crippen molar-refractivity contribution in [1.82, 2.24) is 0 Å². The molecule has 0 amide bonds. The zero-order valence-corrected chi connectivity index (χ0v) is 32.7. The van der Waals surface area contributed by atoms with Crippen LogP contribution in [0.1, 0.15) is 178 Å². The van der Waals surface area contributed by atoms with Crippen LogP contribution in [0.3, 0.4) is 0 Å². The minimum atomic E-state index is 0.536. The third-order valence-electron chi connectivity index (χ3n) is 9.76. The molecule has 0 unspecified atom stereocenters. The van der Waals surface area contributed by atoms with Crippen molar-refractivity contribution >= 4 is 22.6 Å². The maximum absolute atomic E-state index is 2.54. The van der Waals surface area contributed by atoms with Crippen LogP contribution in [-0.4, -0.2) is 0 Å². The molecule has 0 heterocycles. The van der Waals surface area contributed by atoms with Crippen molar-refractivity contribution in [2.24, 2.45) is 0 Å². The highest BCUT2D eigenvalue weighted by atomic mass is 127. The molecule has 0 atom stereocenters. The number of aryl methyl sites for hydroxylation is 3. The molecule has 3 aromatic carbocycles. The van der Waals surface area contributed by atoms with Gasteiger partial charge in [-0.25, -0.2) is 0 Å². The first-order valence-corrected chi connectivity index (χ1v) is 20.6. The fraction of sp³-hybridized carbons (Fsp3) is 0.600. The van der Waals surface area contributed by atoms with Crippen molar-refractivity contribution < 1.29 is 0 Å². The molecule has 0 N–H and O–H groups in total. The first-order chi connectivity index (χ1) is 22.4. The molecule has 0 saturated heterocycles. The van der Waals surface area contributed by atoms with Crippen molar-refractivity contribution in [2.75, 3.05) is 0 Å². The molecule has 0 radical (unpaired) electrons. The van der Waals surface area contributed by atoms with E-state index in [-0.39, 0.29) is 0 Å². The van der Waals surface area contributed by atoms with Crippen LogP contribution >= 0.6 is 22.6 Å². The number of rotatable bonds is 24. The summed E-state index contributed by atoms with van der Waals surface area (Å²) in [5.74, 6) is 0.536. The summed E-state index contributed by atoms with van der Waals surface area (Å²) in [6.07, 6.45) is 27.9. The highest BCUT2D eigenvalue weighted by molar-refractivity contribution is 14.1. The molecular formula is C45H67I. The number of hydrogen-bond donors (Lipinski definition) is 0. The first-order valence-electron chi connectivity index (χ1n) is 19.5. The maximum Gasteiger partial charge on any atom is 0.0139 e. The van der Waals surface area contributed by atoms with Crippen LogP contribution in [0, 0.1) is 3.57 Å². The van der Waals surface area contributed by atoms with Gasteiger partial charge in [-0.05, 0) is 130 Å². The minimum absolute atomic E-state index is 0.536. The Morgan fingerprint density at radius 1 is 0.391 bits per heavy atom. The van der Waals surface area contributed by atoms with Gasteiger partial charge in [0.2, 0.25) is 0 Å². The fourth-order valence-corrected chi connectivity index (χ4v) is 7.56. The fourth-order valence-electron chi connectivity index (χ4n) is 6.82. The Morgan fingerprint density at radius 2 is 0.739 bits per heavy atom. The van der Waals surface area contributed by atoms with E-state index in [1.165, 1.54) is 183 Å². The molecule has 0 bridgehead atoms. The van der Waals surface area contributed by atoms with Crippen molar-refractivity contribution in [1.29, 1.82) is 0 Å². The Hall–Kier alpha value is -1.61. The molecule has 0 saturated carbocycles. The summed E-state index contributed by atoms with van der Waals surface area (Å²) in [5, 5.41) is 0. The molecule has 0 aliphatic carbocycles. The molecule has 3 rings (SSSR count). The van der Waals surface area contributed by atoms with Gasteiger partial charge in [-0.3, -0.25) is 0 Å². The summed E-state index contributed by atoms with van der Waals surface area (Å²) in [7, 11) is 0. The minimum Gasteiger partial charge on any atom is -0.0654 e. The summed E-state index contributed by atoms with van der Waals surface area (Å²) in [4.78, 5) is 0. The summed E-state index contributed by atoms with van der Waals surface area (Å²) in [6, 6.07) is 22.4. The molecular weight excluding hydrogens is 667 g/mol. The second-order valence-electron chi connectivity index (χ2n) is 14.4. The molecule has 0 aromatic heterocycles. The van der Waals surface area contributed by atoms with Crippen molar-refractivity contribution in [3.05, 3.63) is 80.4 Å². The van der Waals surface area contributed by atoms with Crippen molar-refractivity contribution in [3.8, 4) is 22.3 Å². The number of hydrogen-bond acceptors (Lipinski definition) is 0. The Labute approximate surface area is 299 Å². The standard InChI is InChI=1S/C45H67I/c1-6-9-12-15-18-21-24-37-27-40(36(4)5)33-41(28-37)42-29-38(25-22-19-16-13-10-7-2)30-43(34-42)44-31-39(32-45(46)35-44)26-23-20-17-14-11-8-3/h27-36H,6-26H2,1-5H3. The lowest BCUT2D eigenvalue weighted by molar-refractivity contribution is 0.607. The number of benzene rings is 3. The van der Waals surface area contributed by atoms with Gasteiger partial charge in [0, 0.05) is 3.57 Å². The normalized spacial score (nSPS) is 11.5. The third kappa shape index (κ3) is 14.7. The van der Waals surface area contributed by atoms with E-state index in [1.807, 2.05) is 0 Å². The zero-order chi connectivity index (χ0) is 33.0. The van der Waals surface area contributed by atoms with Gasteiger partial charge in [0.15, 0.2) is 0 Å². The molecule has 46 heavy (non-hydrogen) atoms. The SMILES string of the molecule is CCCCCCCCc1cc(I)cc(-c2cc(CCCCCCCC)cc(-c3cc(CCCCCCCC)cc(C(C)C)c3)c2)c1. The maximum atomic E-state index is 2.54. The van der Waals surface area contributed by atoms with Gasteiger partial charge >= 0.3 is 0 Å². The summed E-state index contributed by atoms with van der Waals surface area (Å²) in [6.45, 7) is 11.6. The predicted molar refractivity (Wildman–Crippen MR) is 215 cm³/mol. The quantitative estimate of drug-likeness (QED) is 0.0635. The second kappa shape index (κ2) is 22.9. The number of halogens is 1. The highest BCUT2D eigenvalue weighted by Gasteiger charge is 2.12. The largest absolute Gasteiger partial charge is 0.0654 e. The van der Waals surface area contributed by atoms with Crippen LogP contribution in [0.4, 0.5) is 0 Å². The molecule has 1 heteroatoms. The van der Waals surface area contributed by atoms with Gasteiger partial charge < -0.3 is 0 Å². The Kier molecular flexibility index (Phi) is 19.3. The summed E-state index contributed by atoms with van der Waals surface area (Å²) in [5.41, 5.74) is 11.6. The lowest BCUT2D eigenvalue weighted by Crippen LogP contribution is -1.96. The van der Waals surface area contributed by atoms with Gasteiger partial charge in [-0.2, -0.15) is 0 Å². The molecule has 3 aromatic rings. The molecule has 0 aliphatic rings. The Bertz CT molecular complexity index is 1250. The van der Waals surface area contributed by atoms with Gasteiger partial charge in [0.05, 0.1) is 0 Å². The van der Waals surface area contributed by atoms with E-state index in [0.717, 1.165) is 0 Å². The van der Waals surface area contributed by atoms with E-state index in [0.29, 0.717) is 5.92 Å². The van der Waals surface area contributed by atoms with Gasteiger partial charge in [-0.1, -0.05) is 167 Å². The van der Waals surface area contributed by atoms with Crippen molar-refractivity contribution in [2.45, 2.75) is 175 Å². The lowest BCUT2D eigenvalue weighted by atomic mass is 9.89. The smallest absolute Gasteiger partial charge is 0.0139 e. The third-order valence-corrected chi connectivity index (χ3v) is 10.4. The van der Waals surface area contributed by atoms with E-state index < -0.39 is 0 Å². The van der Waals surface area contributed by atoms with Crippen LogP contribution in [0.2, 0.25) is 0 Å². The van der Waals surface area contributed by atoms with Crippen LogP contribution in [0.25, 0.3) is 22.3 Å². The topological polar surface area (TPSA) is 0 Å².